The number of amides is 1. The molecule has 2 N–H and O–H groups in total. The van der Waals surface area contributed by atoms with E-state index in [1.807, 2.05) is 54.6 Å². The molecule has 1 aliphatic rings. The average molecular weight is 382 g/mol. The number of nitriles is 1. The summed E-state index contributed by atoms with van der Waals surface area (Å²) in [5, 5.41) is 21.4. The van der Waals surface area contributed by atoms with Gasteiger partial charge in [-0.3, -0.25) is 4.79 Å². The Morgan fingerprint density at radius 3 is 2.17 bits per heavy atom. The highest BCUT2D eigenvalue weighted by Gasteiger charge is 2.35. The standard InChI is InChI=1S/C24H18N2O3/c25-14-16-7-5-6-15(12-16)13-21(24(28)29)26-23(27)22-19-10-3-1-8-17(19)18-9-2-4-11-20(18)22/h1-12,21-22H,13H2,(H,26,27)(H,28,29)/t21-/m0/s1. The number of fused-ring (bicyclic) bond motifs is 3. The van der Waals surface area contributed by atoms with E-state index in [0.717, 1.165) is 22.3 Å². The molecule has 0 unspecified atom stereocenters. The lowest BCUT2D eigenvalue weighted by Crippen LogP contribution is -2.44. The van der Waals surface area contributed by atoms with Crippen LogP contribution in [-0.4, -0.2) is 23.0 Å². The molecule has 0 saturated carbocycles. The fourth-order valence-corrected chi connectivity index (χ4v) is 3.90. The molecule has 3 aromatic carbocycles. The fourth-order valence-electron chi connectivity index (χ4n) is 3.90. The van der Waals surface area contributed by atoms with E-state index in [1.165, 1.54) is 0 Å². The Balaban J connectivity index is 1.62. The predicted molar refractivity (Wildman–Crippen MR) is 108 cm³/mol. The Kier molecular flexibility index (Phi) is 4.84. The number of nitrogens with one attached hydrogen (secondary N) is 1. The first-order valence-electron chi connectivity index (χ1n) is 9.29. The predicted octanol–water partition coefficient (Wildman–Crippen LogP) is 3.48. The highest BCUT2D eigenvalue weighted by molar-refractivity contribution is 5.97. The second-order valence-electron chi connectivity index (χ2n) is 7.02. The van der Waals surface area contributed by atoms with Crippen molar-refractivity contribution in [2.24, 2.45) is 0 Å². The third-order valence-electron chi connectivity index (χ3n) is 5.21. The fraction of sp³-hybridized carbons (Fsp3) is 0.125. The molecular weight excluding hydrogens is 364 g/mol. The van der Waals surface area contributed by atoms with Gasteiger partial charge in [-0.25, -0.2) is 4.79 Å². The number of hydrogen-bond donors (Lipinski definition) is 2. The first-order valence-corrected chi connectivity index (χ1v) is 9.29. The number of carboxylic acids is 1. The average Bonchev–Trinajstić information content (AvgIpc) is 3.08. The first-order chi connectivity index (χ1) is 14.1. The lowest BCUT2D eigenvalue weighted by Gasteiger charge is -2.19. The van der Waals surface area contributed by atoms with Gasteiger partial charge >= 0.3 is 5.97 Å². The van der Waals surface area contributed by atoms with Crippen molar-refractivity contribution in [2.75, 3.05) is 0 Å². The van der Waals surface area contributed by atoms with E-state index in [9.17, 15) is 14.7 Å². The van der Waals surface area contributed by atoms with Gasteiger partial charge in [-0.2, -0.15) is 5.26 Å². The number of aliphatic carboxylic acids is 1. The zero-order valence-corrected chi connectivity index (χ0v) is 15.5. The summed E-state index contributed by atoms with van der Waals surface area (Å²) >= 11 is 0. The molecule has 4 rings (SSSR count). The van der Waals surface area contributed by atoms with Crippen molar-refractivity contribution >= 4 is 11.9 Å². The molecule has 0 aromatic heterocycles. The highest BCUT2D eigenvalue weighted by atomic mass is 16.4. The largest absolute Gasteiger partial charge is 0.480 e. The molecule has 1 aliphatic carbocycles. The first kappa shape index (κ1) is 18.5. The molecule has 0 fully saturated rings. The maximum Gasteiger partial charge on any atom is 0.326 e. The molecule has 5 heteroatoms. The van der Waals surface area contributed by atoms with Crippen molar-refractivity contribution in [3.05, 3.63) is 95.1 Å². The smallest absolute Gasteiger partial charge is 0.326 e. The van der Waals surface area contributed by atoms with Crippen LogP contribution in [0.15, 0.2) is 72.8 Å². The van der Waals surface area contributed by atoms with Gasteiger partial charge in [0.05, 0.1) is 17.6 Å². The van der Waals surface area contributed by atoms with Crippen LogP contribution in [0.2, 0.25) is 0 Å². The van der Waals surface area contributed by atoms with Crippen molar-refractivity contribution in [2.45, 2.75) is 18.4 Å². The summed E-state index contributed by atoms with van der Waals surface area (Å²) in [6.45, 7) is 0. The summed E-state index contributed by atoms with van der Waals surface area (Å²) < 4.78 is 0. The van der Waals surface area contributed by atoms with E-state index >= 15 is 0 Å². The Morgan fingerprint density at radius 2 is 1.59 bits per heavy atom. The van der Waals surface area contributed by atoms with Gasteiger partial charge in [0.2, 0.25) is 5.91 Å². The van der Waals surface area contributed by atoms with Crippen LogP contribution >= 0.6 is 0 Å². The molecule has 0 radical (unpaired) electrons. The lowest BCUT2D eigenvalue weighted by molar-refractivity contribution is -0.141. The summed E-state index contributed by atoms with van der Waals surface area (Å²) in [6, 6.07) is 23.1. The van der Waals surface area contributed by atoms with Crippen molar-refractivity contribution in [1.29, 1.82) is 5.26 Å². The summed E-state index contributed by atoms with van der Waals surface area (Å²) in [5.74, 6) is -2.00. The Bertz CT molecular complexity index is 1100. The van der Waals surface area contributed by atoms with E-state index in [0.29, 0.717) is 11.1 Å². The number of rotatable bonds is 5. The zero-order chi connectivity index (χ0) is 20.4. The molecular formula is C24H18N2O3. The number of carbonyl (C=O) groups is 2. The number of carbonyl (C=O) groups excluding carboxylic acids is 1. The lowest BCUT2D eigenvalue weighted by atomic mass is 9.95. The Morgan fingerprint density at radius 1 is 0.966 bits per heavy atom. The van der Waals surface area contributed by atoms with Crippen LogP contribution < -0.4 is 5.32 Å². The second-order valence-corrected chi connectivity index (χ2v) is 7.02. The summed E-state index contributed by atoms with van der Waals surface area (Å²) in [4.78, 5) is 25.0. The van der Waals surface area contributed by atoms with E-state index in [4.69, 9.17) is 5.26 Å². The molecule has 1 atom stereocenters. The van der Waals surface area contributed by atoms with Gasteiger partial charge < -0.3 is 10.4 Å². The number of hydrogen-bond acceptors (Lipinski definition) is 3. The minimum Gasteiger partial charge on any atom is -0.480 e. The van der Waals surface area contributed by atoms with Gasteiger partial charge in [0.15, 0.2) is 0 Å². The summed E-state index contributed by atoms with van der Waals surface area (Å²) in [6.07, 6.45) is 0.104. The molecule has 0 spiro atoms. The second kappa shape index (κ2) is 7.61. The van der Waals surface area contributed by atoms with Gasteiger partial charge in [0, 0.05) is 6.42 Å². The summed E-state index contributed by atoms with van der Waals surface area (Å²) in [5.41, 5.74) is 4.89. The molecule has 0 heterocycles. The van der Waals surface area contributed by atoms with E-state index in [1.54, 1.807) is 24.3 Å². The number of benzene rings is 3. The highest BCUT2D eigenvalue weighted by Crippen LogP contribution is 2.44. The van der Waals surface area contributed by atoms with Crippen molar-refractivity contribution < 1.29 is 14.7 Å². The molecule has 29 heavy (non-hydrogen) atoms. The molecule has 0 saturated heterocycles. The van der Waals surface area contributed by atoms with E-state index in [2.05, 4.69) is 5.32 Å². The third kappa shape index (κ3) is 3.48. The monoisotopic (exact) mass is 382 g/mol. The van der Waals surface area contributed by atoms with Crippen LogP contribution in [0.1, 0.15) is 28.2 Å². The van der Waals surface area contributed by atoms with Crippen LogP contribution in [-0.2, 0) is 16.0 Å². The van der Waals surface area contributed by atoms with Crippen molar-refractivity contribution in [1.82, 2.24) is 5.32 Å². The molecule has 3 aromatic rings. The Hall–Kier alpha value is -3.91. The van der Waals surface area contributed by atoms with Crippen molar-refractivity contribution in [3.8, 4) is 17.2 Å². The summed E-state index contributed by atoms with van der Waals surface area (Å²) in [7, 11) is 0. The van der Waals surface area contributed by atoms with Gasteiger partial charge in [-0.1, -0.05) is 60.7 Å². The maximum atomic E-state index is 13.2. The molecule has 0 bridgehead atoms. The molecule has 1 amide bonds. The van der Waals surface area contributed by atoms with Gasteiger partial charge in [0.25, 0.3) is 0 Å². The SMILES string of the molecule is N#Cc1cccc(C[C@H](NC(=O)C2c3ccccc3-c3ccccc32)C(=O)O)c1. The maximum absolute atomic E-state index is 13.2. The van der Waals surface area contributed by atoms with Crippen LogP contribution in [0.3, 0.4) is 0 Å². The number of nitrogens with zero attached hydrogens (tertiary/aromatic N) is 1. The van der Waals surface area contributed by atoms with Gasteiger partial charge in [-0.05, 0) is 39.9 Å². The normalized spacial score (nSPS) is 13.1. The van der Waals surface area contributed by atoms with Crippen molar-refractivity contribution in [3.63, 3.8) is 0 Å². The molecule has 142 valence electrons. The third-order valence-corrected chi connectivity index (χ3v) is 5.21. The van der Waals surface area contributed by atoms with Crippen LogP contribution in [0.5, 0.6) is 0 Å². The van der Waals surface area contributed by atoms with Gasteiger partial charge in [0.1, 0.15) is 6.04 Å². The molecule has 5 nitrogen and oxygen atoms in total. The van der Waals surface area contributed by atoms with Crippen LogP contribution in [0.4, 0.5) is 0 Å². The minimum absolute atomic E-state index is 0.104. The minimum atomic E-state index is -1.11. The van der Waals surface area contributed by atoms with Gasteiger partial charge in [-0.15, -0.1) is 0 Å². The van der Waals surface area contributed by atoms with Crippen LogP contribution in [0.25, 0.3) is 11.1 Å². The zero-order valence-electron chi connectivity index (χ0n) is 15.5. The topological polar surface area (TPSA) is 90.2 Å². The number of carboxylic acid groups (broad SMARTS) is 1. The quantitative estimate of drug-likeness (QED) is 0.707. The molecule has 0 aliphatic heterocycles. The van der Waals surface area contributed by atoms with E-state index in [-0.39, 0.29) is 12.3 Å². The van der Waals surface area contributed by atoms with Crippen LogP contribution in [0, 0.1) is 11.3 Å². The Labute approximate surface area is 168 Å². The van der Waals surface area contributed by atoms with E-state index < -0.39 is 17.9 Å².